The number of aromatic carboxylic acids is 2. The van der Waals surface area contributed by atoms with Crippen LogP contribution in [0.4, 0.5) is 0 Å². The van der Waals surface area contributed by atoms with Crippen molar-refractivity contribution in [3.8, 4) is 11.5 Å². The van der Waals surface area contributed by atoms with Gasteiger partial charge in [-0.2, -0.15) is 0 Å². The Balaban J connectivity index is 1.42. The Hall–Kier alpha value is -8.82. The summed E-state index contributed by atoms with van der Waals surface area (Å²) in [6.45, 7) is 8.06. The number of nitrogens with two attached hydrogens (primary N) is 1. The SMILES string of the molecule is CC(=O)[C@H](CCCCNC(=O)COCCOCCNC(=O)COCCOCCCC(=O)CC[C@H](NC(O)CCCCCCCCCOc1ccc(C(=O)O)cc1)C(=O)O)CC(=O)[C@H](CCCCNC(=O)COCCOCCCC(=O)COCCOCCNC(=O)CC[C@H](NC(=O)CCCCCCCCCOc1ccc(C(=O)O)cc1)C(=O)O)CC(=O)C(C)(C)N. The molecule has 0 aliphatic carbocycles. The molecule has 0 saturated heterocycles. The van der Waals surface area contributed by atoms with E-state index >= 15 is 0 Å². The number of aliphatic hydroxyl groups excluding tert-OH is 1. The van der Waals surface area contributed by atoms with Crippen molar-refractivity contribution in [1.82, 2.24) is 31.9 Å². The zero-order chi connectivity index (χ0) is 91.9. The Morgan fingerprint density at radius 2 is 0.744 bits per heavy atom. The molecule has 2 aromatic carbocycles. The highest BCUT2D eigenvalue weighted by Crippen LogP contribution is 2.25. The van der Waals surface area contributed by atoms with Crippen LogP contribution >= 0.6 is 0 Å². The van der Waals surface area contributed by atoms with Gasteiger partial charge in [-0.15, -0.1) is 0 Å². The fraction of sp³-hybridized carbons (Fsp3) is 0.708. The topological polar surface area (TPSA) is 531 Å². The fourth-order valence-electron chi connectivity index (χ4n) is 12.5. The third-order valence-electron chi connectivity index (χ3n) is 19.9. The molecule has 0 spiro atoms. The smallest absolute Gasteiger partial charge is 0.335 e. The first-order chi connectivity index (χ1) is 60.0. The Bertz CT molecular complexity index is 3400. The largest absolute Gasteiger partial charge is 0.494 e. The average molecular weight is 1780 g/mol. The molecular weight excluding hydrogens is 1630 g/mol. The predicted molar refractivity (Wildman–Crippen MR) is 460 cm³/mol. The van der Waals surface area contributed by atoms with Crippen LogP contribution in [0.2, 0.25) is 0 Å². The number of unbranched alkanes of at least 4 members (excludes halogenated alkanes) is 14. The van der Waals surface area contributed by atoms with Crippen molar-refractivity contribution in [2.24, 2.45) is 17.6 Å². The summed E-state index contributed by atoms with van der Waals surface area (Å²) in [6.07, 6.45) is 16.1. The second-order valence-electron chi connectivity index (χ2n) is 31.3. The maximum atomic E-state index is 13.7. The number of amides is 5. The van der Waals surface area contributed by atoms with Gasteiger partial charge in [-0.25, -0.2) is 14.4 Å². The first kappa shape index (κ1) is 112. The number of carbonyl (C=O) groups excluding carboxylic acids is 10. The van der Waals surface area contributed by atoms with Gasteiger partial charge in [0.15, 0.2) is 11.6 Å². The number of hydrogen-bond acceptors (Lipinski definition) is 27. The van der Waals surface area contributed by atoms with Crippen LogP contribution in [0, 0.1) is 11.8 Å². The molecule has 0 heterocycles. The molecule has 36 heteroatoms. The van der Waals surface area contributed by atoms with Crippen LogP contribution in [-0.4, -0.2) is 277 Å². The van der Waals surface area contributed by atoms with E-state index in [0.717, 1.165) is 83.5 Å². The number of ether oxygens (including phenoxy) is 10. The van der Waals surface area contributed by atoms with E-state index in [4.69, 9.17) is 63.3 Å². The normalized spacial score (nSPS) is 12.6. The summed E-state index contributed by atoms with van der Waals surface area (Å²) in [6, 6.07) is 10.3. The number of aliphatic carboxylic acids is 2. The quantitative estimate of drug-likeness (QED) is 0.0227. The van der Waals surface area contributed by atoms with E-state index in [-0.39, 0.29) is 240 Å². The lowest BCUT2D eigenvalue weighted by Crippen LogP contribution is -2.43. The second-order valence-corrected chi connectivity index (χ2v) is 31.3. The summed E-state index contributed by atoms with van der Waals surface area (Å²) >= 11 is 0. The van der Waals surface area contributed by atoms with Crippen LogP contribution < -0.4 is 47.1 Å². The Morgan fingerprint density at radius 1 is 0.352 bits per heavy atom. The van der Waals surface area contributed by atoms with Crippen LogP contribution in [0.5, 0.6) is 11.5 Å². The van der Waals surface area contributed by atoms with E-state index in [9.17, 15) is 82.4 Å². The molecule has 2 aromatic rings. The van der Waals surface area contributed by atoms with Crippen LogP contribution in [-0.2, 0) is 95.4 Å². The summed E-state index contributed by atoms with van der Waals surface area (Å²) in [5.41, 5.74) is 5.33. The zero-order valence-electron chi connectivity index (χ0n) is 73.8. The minimum atomic E-state index is -1.23. The third kappa shape index (κ3) is 62.9. The highest BCUT2D eigenvalue weighted by molar-refractivity contribution is 5.94. The molecule has 0 fully saturated rings. The lowest BCUT2D eigenvalue weighted by Gasteiger charge is -2.23. The molecule has 1 unspecified atom stereocenters. The number of carboxylic acid groups (broad SMARTS) is 4. The number of rotatable bonds is 86. The summed E-state index contributed by atoms with van der Waals surface area (Å²) in [7, 11) is 0. The number of carbonyl (C=O) groups is 14. The molecule has 708 valence electrons. The first-order valence-electron chi connectivity index (χ1n) is 44.2. The van der Waals surface area contributed by atoms with E-state index in [2.05, 4.69) is 31.9 Å². The maximum Gasteiger partial charge on any atom is 0.335 e. The number of hydrogen-bond donors (Lipinski definition) is 12. The first-order valence-corrected chi connectivity index (χ1v) is 44.2. The number of nitrogens with one attached hydrogen (secondary N) is 6. The molecule has 13 N–H and O–H groups in total. The maximum absolute atomic E-state index is 13.7. The summed E-state index contributed by atoms with van der Waals surface area (Å²) in [5.74, 6) is -7.11. The molecule has 5 atom stereocenters. The van der Waals surface area contributed by atoms with E-state index in [1.165, 1.54) is 31.2 Å². The number of ketones is 5. The number of carboxylic acids is 4. The van der Waals surface area contributed by atoms with Crippen LogP contribution in [0.1, 0.15) is 247 Å². The summed E-state index contributed by atoms with van der Waals surface area (Å²) in [5, 5.41) is 63.8. The van der Waals surface area contributed by atoms with Crippen LogP contribution in [0.25, 0.3) is 0 Å². The van der Waals surface area contributed by atoms with Crippen molar-refractivity contribution >= 4 is 82.3 Å². The lowest BCUT2D eigenvalue weighted by atomic mass is 9.82. The van der Waals surface area contributed by atoms with Crippen molar-refractivity contribution in [2.75, 3.05) is 145 Å². The van der Waals surface area contributed by atoms with Crippen molar-refractivity contribution in [3.05, 3.63) is 59.7 Å². The summed E-state index contributed by atoms with van der Waals surface area (Å²) in [4.78, 5) is 172. The second kappa shape index (κ2) is 72.2. The summed E-state index contributed by atoms with van der Waals surface area (Å²) < 4.78 is 54.8. The van der Waals surface area contributed by atoms with Crippen molar-refractivity contribution < 1.29 is 140 Å². The average Bonchev–Trinajstić information content (AvgIpc) is 0.876. The third-order valence-corrected chi connectivity index (χ3v) is 19.9. The van der Waals surface area contributed by atoms with Gasteiger partial charge in [-0.3, -0.25) is 58.1 Å². The Labute approximate surface area is 735 Å². The number of aliphatic hydroxyl groups is 1. The van der Waals surface area contributed by atoms with Gasteiger partial charge in [-0.1, -0.05) is 77.0 Å². The predicted octanol–water partition coefficient (Wildman–Crippen LogP) is 7.39. The molecule has 0 bridgehead atoms. The molecule has 36 nitrogen and oxygen atoms in total. The molecule has 2 rings (SSSR count). The van der Waals surface area contributed by atoms with E-state index in [1.54, 1.807) is 38.1 Å². The Morgan fingerprint density at radius 3 is 1.20 bits per heavy atom. The highest BCUT2D eigenvalue weighted by atomic mass is 16.5. The molecule has 125 heavy (non-hydrogen) atoms. The van der Waals surface area contributed by atoms with Crippen molar-refractivity contribution in [1.29, 1.82) is 0 Å². The molecular formula is C89H143N7O29. The molecule has 0 aliphatic heterocycles. The van der Waals surface area contributed by atoms with E-state index in [1.807, 2.05) is 0 Å². The minimum absolute atomic E-state index is 0.0326. The van der Waals surface area contributed by atoms with E-state index < -0.39 is 65.5 Å². The molecule has 0 saturated carbocycles. The van der Waals surface area contributed by atoms with E-state index in [0.29, 0.717) is 102 Å². The number of benzene rings is 2. The van der Waals surface area contributed by atoms with Gasteiger partial charge < -0.3 is 105 Å². The molecule has 0 aromatic heterocycles. The number of Topliss-reactive ketones (excluding diaryl/α,β-unsaturated/α-hetero) is 5. The van der Waals surface area contributed by atoms with Gasteiger partial charge in [-0.05, 0) is 153 Å². The van der Waals surface area contributed by atoms with Gasteiger partial charge in [0, 0.05) is 96.2 Å². The van der Waals surface area contributed by atoms with Gasteiger partial charge in [0.1, 0.15) is 73.6 Å². The standard InChI is InChI=1S/C89H143N7O29/c1-66(97)69(24-16-18-42-91-83(106)64-123-59-55-119-51-45-94-84(107)65-122-58-52-116-46-22-26-71(98)34-39-75(87(112)113)95-80(103)28-14-10-6-4-8-12-20-48-124-73-35-30-67(31-36-73)85(108)109)60-77(100)70(61-78(101)89(2,3)90)25-17-19-43-92-82(105)63-121-57-53-117-47-23-27-72(99)62-120-56-54-118-50-44-93-79(102)41-40-76(88(114)115)96-81(104)29-15-11-7-5-9-13-21-49-125-74-37-32-68(33-38-74)86(110)111/h30-33,35-38,69-70,75-76,80,95,103H,4-29,34,39-65,90H2,1-3H3,(H,91,106)(H,92,105)(H,93,102)(H,94,107)(H,96,104)(H,108,109)(H,110,111)(H,112,113)(H,114,115)/t69-,70-,75+,76+,80?/m1/s1. The van der Waals surface area contributed by atoms with Crippen molar-refractivity contribution in [2.45, 2.75) is 250 Å². The van der Waals surface area contributed by atoms with Gasteiger partial charge in [0.2, 0.25) is 29.5 Å². The minimum Gasteiger partial charge on any atom is -0.494 e. The lowest BCUT2D eigenvalue weighted by molar-refractivity contribution is -0.142. The zero-order valence-corrected chi connectivity index (χ0v) is 73.8. The monoisotopic (exact) mass is 1770 g/mol. The Kier molecular flexibility index (Phi) is 64.9. The van der Waals surface area contributed by atoms with Crippen LogP contribution in [0.3, 0.4) is 0 Å². The van der Waals surface area contributed by atoms with Gasteiger partial charge in [0.25, 0.3) is 0 Å². The highest BCUT2D eigenvalue weighted by Gasteiger charge is 2.31. The molecule has 0 radical (unpaired) electrons. The van der Waals surface area contributed by atoms with Crippen LogP contribution in [0.15, 0.2) is 48.5 Å². The van der Waals surface area contributed by atoms with Gasteiger partial charge >= 0.3 is 23.9 Å². The van der Waals surface area contributed by atoms with Gasteiger partial charge in [0.05, 0.1) is 95.9 Å². The van der Waals surface area contributed by atoms with Crippen molar-refractivity contribution in [3.63, 3.8) is 0 Å². The molecule has 0 aliphatic rings. The fourth-order valence-corrected chi connectivity index (χ4v) is 12.5. The molecule has 5 amide bonds.